The Kier molecular flexibility index (Phi) is 5.75. The monoisotopic (exact) mass is 508 g/mol. The average molecular weight is 508 g/mol. The molecule has 1 atom stereocenters. The second-order valence-electron chi connectivity index (χ2n) is 7.95. The number of aromatic nitrogens is 8. The third kappa shape index (κ3) is 3.99. The Bertz CT molecular complexity index is 1650. The van der Waals surface area contributed by atoms with E-state index in [1.807, 2.05) is 6.92 Å². The third-order valence-electron chi connectivity index (χ3n) is 5.80. The first-order valence-corrected chi connectivity index (χ1v) is 10.9. The van der Waals surface area contributed by atoms with Crippen molar-refractivity contribution in [1.29, 1.82) is 5.26 Å². The van der Waals surface area contributed by atoms with Crippen LogP contribution in [-0.4, -0.2) is 39.6 Å². The first-order valence-electron chi connectivity index (χ1n) is 10.9. The molecule has 0 aliphatic heterocycles. The molecular formula is C23H16F4N10. The normalized spacial score (nSPS) is 12.5. The van der Waals surface area contributed by atoms with Gasteiger partial charge >= 0.3 is 6.18 Å². The molecule has 4 heterocycles. The van der Waals surface area contributed by atoms with E-state index in [-0.39, 0.29) is 33.7 Å². The van der Waals surface area contributed by atoms with Crippen molar-refractivity contribution in [2.24, 2.45) is 0 Å². The Morgan fingerprint density at radius 3 is 2.51 bits per heavy atom. The predicted octanol–water partition coefficient (Wildman–Crippen LogP) is 3.92. The minimum Gasteiger partial charge on any atom is -0.382 e. The summed E-state index contributed by atoms with van der Waals surface area (Å²) in [5, 5.41) is 22.7. The topological polar surface area (TPSA) is 136 Å². The maximum Gasteiger partial charge on any atom is 0.451 e. The van der Waals surface area contributed by atoms with Crippen molar-refractivity contribution in [3.05, 3.63) is 77.8 Å². The molecule has 0 aliphatic carbocycles. The zero-order chi connectivity index (χ0) is 26.3. The van der Waals surface area contributed by atoms with Gasteiger partial charge in [-0.05, 0) is 18.6 Å². The van der Waals surface area contributed by atoms with E-state index in [4.69, 9.17) is 5.73 Å². The average Bonchev–Trinajstić information content (AvgIpc) is 3.49. The van der Waals surface area contributed by atoms with Gasteiger partial charge < -0.3 is 5.73 Å². The molecule has 5 rings (SSSR count). The lowest BCUT2D eigenvalue weighted by Gasteiger charge is -2.12. The fraction of sp³-hybridized carbons (Fsp3) is 0.174. The van der Waals surface area contributed by atoms with Gasteiger partial charge in [0.15, 0.2) is 5.82 Å². The van der Waals surface area contributed by atoms with Gasteiger partial charge in [-0.25, -0.2) is 28.5 Å². The summed E-state index contributed by atoms with van der Waals surface area (Å²) < 4.78 is 56.0. The van der Waals surface area contributed by atoms with Crippen LogP contribution in [0.2, 0.25) is 0 Å². The Morgan fingerprint density at radius 2 is 1.86 bits per heavy atom. The van der Waals surface area contributed by atoms with E-state index in [9.17, 15) is 22.8 Å². The molecule has 14 heteroatoms. The van der Waals surface area contributed by atoms with E-state index in [2.05, 4.69) is 36.4 Å². The summed E-state index contributed by atoms with van der Waals surface area (Å²) in [5.74, 6) is -2.39. The number of nitriles is 1. The van der Waals surface area contributed by atoms with E-state index in [0.717, 1.165) is 12.4 Å². The Balaban J connectivity index is 1.71. The minimum absolute atomic E-state index is 0.00230. The maximum absolute atomic E-state index is 14.3. The standard InChI is InChI=1S/C23H16F4N10/c1-2-13(16-10-36(35-34-16)17-6-4-3-5-15(17)24)19-14(7-28)18(20-21(29)32-11-33-37(19)20)12-8-30-22(31-9-12)23(25,26)27/h3-6,8-11,13H,2H2,1H3,(H2,29,32,33)/t13-/m0/s1. The Labute approximate surface area is 206 Å². The van der Waals surface area contributed by atoms with Gasteiger partial charge in [0.2, 0.25) is 5.82 Å². The summed E-state index contributed by atoms with van der Waals surface area (Å²) in [6.45, 7) is 1.85. The summed E-state index contributed by atoms with van der Waals surface area (Å²) in [5.41, 5.74) is 7.70. The highest BCUT2D eigenvalue weighted by molar-refractivity contribution is 5.92. The van der Waals surface area contributed by atoms with Crippen LogP contribution < -0.4 is 5.73 Å². The van der Waals surface area contributed by atoms with Gasteiger partial charge in [-0.15, -0.1) is 5.10 Å². The summed E-state index contributed by atoms with van der Waals surface area (Å²) >= 11 is 0. The number of rotatable bonds is 5. The molecule has 0 saturated carbocycles. The number of nitrogens with zero attached hydrogens (tertiary/aromatic N) is 9. The van der Waals surface area contributed by atoms with Gasteiger partial charge in [0.1, 0.15) is 29.4 Å². The van der Waals surface area contributed by atoms with Crippen molar-refractivity contribution >= 4 is 11.3 Å². The molecule has 186 valence electrons. The second-order valence-corrected chi connectivity index (χ2v) is 7.95. The molecule has 0 radical (unpaired) electrons. The SMILES string of the molecule is CC[C@@H](c1cn(-c2ccccc2F)nn1)c1c(C#N)c(-c2cnc(C(F)(F)F)nc2)c2c(N)ncnn12. The smallest absolute Gasteiger partial charge is 0.382 e. The highest BCUT2D eigenvalue weighted by Gasteiger charge is 2.35. The summed E-state index contributed by atoms with van der Waals surface area (Å²) in [6, 6.07) is 8.16. The molecule has 0 bridgehead atoms. The Morgan fingerprint density at radius 1 is 1.14 bits per heavy atom. The van der Waals surface area contributed by atoms with E-state index < -0.39 is 23.7 Å². The molecule has 10 nitrogen and oxygen atoms in total. The molecule has 0 unspecified atom stereocenters. The number of hydrogen-bond acceptors (Lipinski definition) is 8. The van der Waals surface area contributed by atoms with Gasteiger partial charge in [0.25, 0.3) is 0 Å². The summed E-state index contributed by atoms with van der Waals surface area (Å²) in [4.78, 5) is 10.8. The highest BCUT2D eigenvalue weighted by atomic mass is 19.4. The van der Waals surface area contributed by atoms with Crippen LogP contribution in [0.1, 0.15) is 42.0 Å². The van der Waals surface area contributed by atoms with Crippen molar-refractivity contribution in [2.75, 3.05) is 5.73 Å². The van der Waals surface area contributed by atoms with E-state index >= 15 is 0 Å². The summed E-state index contributed by atoms with van der Waals surface area (Å²) in [7, 11) is 0. The number of fused-ring (bicyclic) bond motifs is 1. The number of nitrogens with two attached hydrogens (primary N) is 1. The van der Waals surface area contributed by atoms with Gasteiger partial charge in [0.05, 0.1) is 23.1 Å². The highest BCUT2D eigenvalue weighted by Crippen LogP contribution is 2.40. The van der Waals surface area contributed by atoms with Crippen LogP contribution in [-0.2, 0) is 6.18 Å². The zero-order valence-electron chi connectivity index (χ0n) is 19.0. The zero-order valence-corrected chi connectivity index (χ0v) is 19.0. The molecule has 0 saturated heterocycles. The lowest BCUT2D eigenvalue weighted by molar-refractivity contribution is -0.144. The number of para-hydroxylation sites is 1. The van der Waals surface area contributed by atoms with Crippen LogP contribution in [0.15, 0.2) is 49.2 Å². The number of alkyl halides is 3. The van der Waals surface area contributed by atoms with Crippen LogP contribution >= 0.6 is 0 Å². The van der Waals surface area contributed by atoms with Gasteiger partial charge in [-0.3, -0.25) is 0 Å². The van der Waals surface area contributed by atoms with Crippen molar-refractivity contribution in [3.63, 3.8) is 0 Å². The van der Waals surface area contributed by atoms with Crippen molar-refractivity contribution < 1.29 is 17.6 Å². The lowest BCUT2D eigenvalue weighted by Crippen LogP contribution is -2.10. The molecule has 5 aromatic rings. The van der Waals surface area contributed by atoms with Gasteiger partial charge in [-0.2, -0.15) is 23.5 Å². The first-order chi connectivity index (χ1) is 17.7. The van der Waals surface area contributed by atoms with Crippen molar-refractivity contribution in [1.82, 2.24) is 39.6 Å². The first kappa shape index (κ1) is 23.8. The predicted molar refractivity (Wildman–Crippen MR) is 122 cm³/mol. The molecule has 0 amide bonds. The fourth-order valence-electron chi connectivity index (χ4n) is 4.19. The molecule has 0 aliphatic rings. The molecule has 2 N–H and O–H groups in total. The van der Waals surface area contributed by atoms with Crippen LogP contribution in [0.5, 0.6) is 0 Å². The van der Waals surface area contributed by atoms with Crippen LogP contribution in [0, 0.1) is 17.1 Å². The molecular weight excluding hydrogens is 492 g/mol. The molecule has 0 fully saturated rings. The Hall–Kier alpha value is -4.93. The quantitative estimate of drug-likeness (QED) is 0.353. The maximum atomic E-state index is 14.3. The van der Waals surface area contributed by atoms with Gasteiger partial charge in [0, 0.05) is 29.4 Å². The third-order valence-corrected chi connectivity index (χ3v) is 5.80. The number of halogens is 4. The molecule has 37 heavy (non-hydrogen) atoms. The summed E-state index contributed by atoms with van der Waals surface area (Å²) in [6.07, 6.45) is 0.366. The number of hydrogen-bond donors (Lipinski definition) is 1. The van der Waals surface area contributed by atoms with E-state index in [1.54, 1.807) is 24.4 Å². The minimum atomic E-state index is -4.73. The van der Waals surface area contributed by atoms with Crippen molar-refractivity contribution in [2.45, 2.75) is 25.4 Å². The van der Waals surface area contributed by atoms with Crippen molar-refractivity contribution in [3.8, 4) is 22.9 Å². The van der Waals surface area contributed by atoms with E-state index in [0.29, 0.717) is 17.8 Å². The van der Waals surface area contributed by atoms with Crippen LogP contribution in [0.3, 0.4) is 0 Å². The van der Waals surface area contributed by atoms with Crippen LogP contribution in [0.4, 0.5) is 23.4 Å². The lowest BCUT2D eigenvalue weighted by atomic mass is 9.93. The largest absolute Gasteiger partial charge is 0.451 e. The fourth-order valence-corrected chi connectivity index (χ4v) is 4.19. The number of anilines is 1. The number of nitrogen functional groups attached to an aromatic ring is 1. The number of benzene rings is 1. The van der Waals surface area contributed by atoms with E-state index in [1.165, 1.54) is 21.6 Å². The molecule has 1 aromatic carbocycles. The molecule has 4 aromatic heterocycles. The molecule has 0 spiro atoms. The van der Waals surface area contributed by atoms with Crippen LogP contribution in [0.25, 0.3) is 22.3 Å². The second kappa shape index (κ2) is 8.94. The van der Waals surface area contributed by atoms with Gasteiger partial charge in [-0.1, -0.05) is 24.3 Å².